The molecule has 4 rings (SSSR count). The van der Waals surface area contributed by atoms with E-state index in [1.807, 2.05) is 0 Å². The van der Waals surface area contributed by atoms with E-state index in [1.54, 1.807) is 7.11 Å². The molecule has 2 fully saturated rings. The van der Waals surface area contributed by atoms with Crippen molar-refractivity contribution in [2.24, 2.45) is 5.41 Å². The Labute approximate surface area is 173 Å². The summed E-state index contributed by atoms with van der Waals surface area (Å²) in [5.74, 6) is 0.997. The number of fused-ring (bicyclic) bond motifs is 1. The zero-order valence-electron chi connectivity index (χ0n) is 17.3. The number of carboxylic acid groups (broad SMARTS) is 2. The summed E-state index contributed by atoms with van der Waals surface area (Å²) in [6.07, 6.45) is 9.30. The molecule has 0 amide bonds. The Balaban J connectivity index is 0.000000449. The van der Waals surface area contributed by atoms with Crippen molar-refractivity contribution in [3.8, 4) is 5.75 Å². The summed E-state index contributed by atoms with van der Waals surface area (Å²) in [5.41, 5.74) is 3.60. The number of aryl methyl sites for hydroxylation is 1. The topological polar surface area (TPSA) is 99.1 Å². The predicted molar refractivity (Wildman–Crippen MR) is 112 cm³/mol. The maximum atomic E-state index is 8.36. The predicted octanol–water partition coefficient (Wildman–Crippen LogP) is 2.42. The standard InChI is InChI=1S/C20H30N2O.2CH2O2/c1-23-19-7-5-16-4-6-18(12-17(16)13-19)21-14-20(8-9-20)15-22-10-2-3-11-22;2*2-1-3/h5,7,13,18,21H,2-4,6,8-12,14-15H2,1H3;2*1H,(H,2,3). The Hall–Kier alpha value is -2.12. The van der Waals surface area contributed by atoms with Crippen LogP contribution in [-0.4, -0.2) is 67.4 Å². The number of methoxy groups -OCH3 is 1. The number of carbonyl (C=O) groups is 2. The van der Waals surface area contributed by atoms with E-state index < -0.39 is 0 Å². The first-order valence-corrected chi connectivity index (χ1v) is 10.4. The molecule has 0 bridgehead atoms. The summed E-state index contributed by atoms with van der Waals surface area (Å²) >= 11 is 0. The Morgan fingerprint density at radius 1 is 1.17 bits per heavy atom. The SMILES string of the molecule is COc1ccc2c(c1)CC(NCC1(CN3CCCC3)CC1)CC2.O=CO.O=CO. The number of nitrogens with zero attached hydrogens (tertiary/aromatic N) is 1. The molecular weight excluding hydrogens is 372 g/mol. The molecule has 29 heavy (non-hydrogen) atoms. The molecule has 3 aliphatic rings. The minimum Gasteiger partial charge on any atom is -0.497 e. The van der Waals surface area contributed by atoms with E-state index in [0.29, 0.717) is 11.5 Å². The van der Waals surface area contributed by atoms with Crippen molar-refractivity contribution in [1.29, 1.82) is 0 Å². The Morgan fingerprint density at radius 2 is 1.83 bits per heavy atom. The van der Waals surface area contributed by atoms with Gasteiger partial charge in [0.2, 0.25) is 0 Å². The molecule has 1 aromatic carbocycles. The second-order valence-corrected chi connectivity index (χ2v) is 8.15. The molecule has 3 N–H and O–H groups in total. The van der Waals surface area contributed by atoms with Gasteiger partial charge in [-0.25, -0.2) is 0 Å². The van der Waals surface area contributed by atoms with Crippen LogP contribution in [0.1, 0.15) is 43.2 Å². The molecule has 162 valence electrons. The Morgan fingerprint density at radius 3 is 2.41 bits per heavy atom. The van der Waals surface area contributed by atoms with Gasteiger partial charge < -0.3 is 25.2 Å². The zero-order chi connectivity index (χ0) is 21.1. The van der Waals surface area contributed by atoms with Crippen LogP contribution in [0.15, 0.2) is 18.2 Å². The van der Waals surface area contributed by atoms with Gasteiger partial charge in [0.15, 0.2) is 0 Å². The maximum Gasteiger partial charge on any atom is 0.290 e. The highest BCUT2D eigenvalue weighted by atomic mass is 16.5. The van der Waals surface area contributed by atoms with Gasteiger partial charge in [0, 0.05) is 19.1 Å². The third-order valence-corrected chi connectivity index (χ3v) is 6.12. The molecular formula is C22H34N2O5. The number of likely N-dealkylation sites (tertiary alicyclic amines) is 1. The lowest BCUT2D eigenvalue weighted by molar-refractivity contribution is -0.123. The highest BCUT2D eigenvalue weighted by Crippen LogP contribution is 2.46. The minimum absolute atomic E-state index is 0.250. The fraction of sp³-hybridized carbons (Fsp3) is 0.636. The highest BCUT2D eigenvalue weighted by molar-refractivity contribution is 5.38. The lowest BCUT2D eigenvalue weighted by Gasteiger charge is -2.29. The molecule has 0 aromatic heterocycles. The average molecular weight is 407 g/mol. The fourth-order valence-electron chi connectivity index (χ4n) is 4.38. The quantitative estimate of drug-likeness (QED) is 0.624. The van der Waals surface area contributed by atoms with Crippen molar-refractivity contribution >= 4 is 12.9 Å². The zero-order valence-corrected chi connectivity index (χ0v) is 17.3. The van der Waals surface area contributed by atoms with Crippen LogP contribution >= 0.6 is 0 Å². The van der Waals surface area contributed by atoms with Crippen LogP contribution in [-0.2, 0) is 22.4 Å². The van der Waals surface area contributed by atoms with Crippen LogP contribution in [0.3, 0.4) is 0 Å². The summed E-state index contributed by atoms with van der Waals surface area (Å²) in [6.45, 7) is 4.71. The third kappa shape index (κ3) is 7.33. The van der Waals surface area contributed by atoms with Crippen molar-refractivity contribution in [2.45, 2.75) is 51.0 Å². The van der Waals surface area contributed by atoms with Gasteiger partial charge in [-0.3, -0.25) is 9.59 Å². The first kappa shape index (κ1) is 23.2. The first-order valence-electron chi connectivity index (χ1n) is 10.4. The Bertz CT molecular complexity index is 636. The van der Waals surface area contributed by atoms with E-state index in [-0.39, 0.29) is 12.9 Å². The molecule has 7 nitrogen and oxygen atoms in total. The third-order valence-electron chi connectivity index (χ3n) is 6.12. The molecule has 7 heteroatoms. The second-order valence-electron chi connectivity index (χ2n) is 8.15. The maximum absolute atomic E-state index is 8.36. The molecule has 1 saturated heterocycles. The van der Waals surface area contributed by atoms with E-state index in [1.165, 1.54) is 75.8 Å². The van der Waals surface area contributed by atoms with E-state index >= 15 is 0 Å². The normalized spacial score (nSPS) is 21.5. The number of ether oxygens (including phenoxy) is 1. The molecule has 1 saturated carbocycles. The van der Waals surface area contributed by atoms with Crippen LogP contribution in [0.25, 0.3) is 0 Å². The smallest absolute Gasteiger partial charge is 0.290 e. The molecule has 1 atom stereocenters. The minimum atomic E-state index is -0.250. The van der Waals surface area contributed by atoms with Gasteiger partial charge in [-0.05, 0) is 86.7 Å². The summed E-state index contributed by atoms with van der Waals surface area (Å²) < 4.78 is 5.39. The molecule has 0 spiro atoms. The van der Waals surface area contributed by atoms with Crippen LogP contribution in [0.2, 0.25) is 0 Å². The first-order chi connectivity index (χ1) is 14.1. The summed E-state index contributed by atoms with van der Waals surface area (Å²) in [4.78, 5) is 19.4. The van der Waals surface area contributed by atoms with Crippen LogP contribution < -0.4 is 10.1 Å². The van der Waals surface area contributed by atoms with Gasteiger partial charge in [-0.15, -0.1) is 0 Å². The van der Waals surface area contributed by atoms with Gasteiger partial charge in [-0.2, -0.15) is 0 Å². The van der Waals surface area contributed by atoms with Crippen molar-refractivity contribution in [1.82, 2.24) is 10.2 Å². The number of benzene rings is 1. The molecule has 1 aliphatic heterocycles. The van der Waals surface area contributed by atoms with Crippen molar-refractivity contribution < 1.29 is 24.5 Å². The average Bonchev–Trinajstić information content (AvgIpc) is 3.29. The van der Waals surface area contributed by atoms with Crippen molar-refractivity contribution in [3.05, 3.63) is 29.3 Å². The van der Waals surface area contributed by atoms with Crippen LogP contribution in [0, 0.1) is 5.41 Å². The number of nitrogens with one attached hydrogen (secondary N) is 1. The molecule has 1 aromatic rings. The number of hydrogen-bond donors (Lipinski definition) is 3. The summed E-state index contributed by atoms with van der Waals surface area (Å²) in [7, 11) is 1.76. The monoisotopic (exact) mass is 406 g/mol. The van der Waals surface area contributed by atoms with Gasteiger partial charge in [-0.1, -0.05) is 6.07 Å². The highest BCUT2D eigenvalue weighted by Gasteiger charge is 2.44. The summed E-state index contributed by atoms with van der Waals surface area (Å²) in [5, 5.41) is 17.7. The van der Waals surface area contributed by atoms with Gasteiger partial charge >= 0.3 is 0 Å². The lowest BCUT2D eigenvalue weighted by Crippen LogP contribution is -2.41. The van der Waals surface area contributed by atoms with E-state index in [0.717, 1.165) is 12.2 Å². The largest absolute Gasteiger partial charge is 0.497 e. The second kappa shape index (κ2) is 11.8. The van der Waals surface area contributed by atoms with E-state index in [9.17, 15) is 0 Å². The number of rotatable bonds is 6. The van der Waals surface area contributed by atoms with E-state index in [2.05, 4.69) is 28.4 Å². The number of hydrogen-bond acceptors (Lipinski definition) is 5. The van der Waals surface area contributed by atoms with E-state index in [4.69, 9.17) is 24.5 Å². The fourth-order valence-corrected chi connectivity index (χ4v) is 4.38. The molecule has 0 radical (unpaired) electrons. The lowest BCUT2D eigenvalue weighted by atomic mass is 9.88. The molecule has 1 unspecified atom stereocenters. The van der Waals surface area contributed by atoms with Gasteiger partial charge in [0.25, 0.3) is 12.9 Å². The van der Waals surface area contributed by atoms with Crippen LogP contribution in [0.5, 0.6) is 5.75 Å². The van der Waals surface area contributed by atoms with Crippen molar-refractivity contribution in [3.63, 3.8) is 0 Å². The van der Waals surface area contributed by atoms with Crippen LogP contribution in [0.4, 0.5) is 0 Å². The van der Waals surface area contributed by atoms with Gasteiger partial charge in [0.05, 0.1) is 7.11 Å². The van der Waals surface area contributed by atoms with Crippen molar-refractivity contribution in [2.75, 3.05) is 33.3 Å². The summed E-state index contributed by atoms with van der Waals surface area (Å²) in [6, 6.07) is 7.23. The Kier molecular flexibility index (Phi) is 9.41. The van der Waals surface area contributed by atoms with Gasteiger partial charge in [0.1, 0.15) is 5.75 Å². The molecule has 2 aliphatic carbocycles. The molecule has 1 heterocycles.